The summed E-state index contributed by atoms with van der Waals surface area (Å²) in [6.07, 6.45) is 2.05. The number of aromatic nitrogens is 2. The van der Waals surface area contributed by atoms with Gasteiger partial charge in [-0.3, -0.25) is 9.48 Å². The Hall–Kier alpha value is -1.81. The van der Waals surface area contributed by atoms with Crippen molar-refractivity contribution >= 4 is 34.4 Å². The average molecular weight is 386 g/mol. The molecule has 25 heavy (non-hydrogen) atoms. The molecule has 1 aromatic carbocycles. The Morgan fingerprint density at radius 2 is 2.20 bits per heavy atom. The summed E-state index contributed by atoms with van der Waals surface area (Å²) >= 11 is 4.21. The Morgan fingerprint density at radius 1 is 1.44 bits per heavy atom. The molecule has 1 amide bonds. The van der Waals surface area contributed by atoms with Crippen LogP contribution in [-0.4, -0.2) is 37.3 Å². The van der Waals surface area contributed by atoms with E-state index in [1.807, 2.05) is 6.07 Å². The lowest BCUT2D eigenvalue weighted by Gasteiger charge is -2.35. The molecule has 2 heterocycles. The molecule has 0 radical (unpaired) electrons. The first-order valence-electron chi connectivity index (χ1n) is 7.51. The van der Waals surface area contributed by atoms with E-state index < -0.39 is 23.0 Å². The van der Waals surface area contributed by atoms with Crippen LogP contribution < -0.4 is 10.0 Å². The van der Waals surface area contributed by atoms with Gasteiger partial charge in [0.1, 0.15) is 11.9 Å². The first-order valence-corrected chi connectivity index (χ1v) is 9.00. The summed E-state index contributed by atoms with van der Waals surface area (Å²) in [6, 6.07) is 4.85. The number of rotatable bonds is 3. The van der Waals surface area contributed by atoms with E-state index >= 15 is 0 Å². The van der Waals surface area contributed by atoms with Crippen LogP contribution in [0.3, 0.4) is 0 Å². The van der Waals surface area contributed by atoms with Gasteiger partial charge in [-0.15, -0.1) is 0 Å². The highest BCUT2D eigenvalue weighted by molar-refractivity contribution is 7.80. The number of hydrogen-bond acceptors (Lipinski definition) is 3. The predicted octanol–water partition coefficient (Wildman–Crippen LogP) is 1.76. The van der Waals surface area contributed by atoms with Gasteiger partial charge in [0.2, 0.25) is 5.91 Å². The number of aryl methyl sites for hydroxylation is 1. The smallest absolute Gasteiger partial charge is 0.242 e. The summed E-state index contributed by atoms with van der Waals surface area (Å²) in [6.45, 7) is 0. The lowest BCUT2D eigenvalue weighted by Crippen LogP contribution is -2.53. The highest BCUT2D eigenvalue weighted by atomic mass is 35.5. The van der Waals surface area contributed by atoms with E-state index in [-0.39, 0.29) is 17.0 Å². The van der Waals surface area contributed by atoms with Crippen LogP contribution in [0, 0.1) is 5.82 Å². The van der Waals surface area contributed by atoms with Crippen molar-refractivity contribution in [3.8, 4) is 0 Å². The van der Waals surface area contributed by atoms with Crippen LogP contribution in [0.5, 0.6) is 0 Å². The van der Waals surface area contributed by atoms with Crippen molar-refractivity contribution in [1.82, 2.24) is 18.8 Å². The second kappa shape index (κ2) is 7.20. The Bertz CT molecular complexity index is 830. The lowest BCUT2D eigenvalue weighted by molar-refractivity contribution is -0.120. The Kier molecular flexibility index (Phi) is 5.19. The van der Waals surface area contributed by atoms with Gasteiger partial charge in [-0.05, 0) is 30.7 Å². The molecule has 1 fully saturated rings. The maximum Gasteiger partial charge on any atom is 0.242 e. The molecule has 2 N–H and O–H groups in total. The monoisotopic (exact) mass is 385 g/mol. The number of halogens is 2. The molecule has 1 aliphatic rings. The maximum absolute atomic E-state index is 13.2. The quantitative estimate of drug-likeness (QED) is 0.845. The van der Waals surface area contributed by atoms with Crippen molar-refractivity contribution in [3.05, 3.63) is 47.0 Å². The van der Waals surface area contributed by atoms with Gasteiger partial charge in [-0.2, -0.15) is 5.10 Å². The maximum atomic E-state index is 13.2. The highest BCUT2D eigenvalue weighted by Gasteiger charge is 2.37. The second-order valence-electron chi connectivity index (χ2n) is 5.72. The summed E-state index contributed by atoms with van der Waals surface area (Å²) in [5, 5.41) is 6.72. The third kappa shape index (κ3) is 3.74. The van der Waals surface area contributed by atoms with Crippen LogP contribution in [0.15, 0.2) is 30.5 Å². The first kappa shape index (κ1) is 18.0. The Morgan fingerprint density at radius 3 is 2.84 bits per heavy atom. The van der Waals surface area contributed by atoms with Gasteiger partial charge in [0.05, 0.1) is 16.8 Å². The zero-order valence-corrected chi connectivity index (χ0v) is 15.1. The third-order valence-corrected chi connectivity index (χ3v) is 5.66. The van der Waals surface area contributed by atoms with E-state index in [0.29, 0.717) is 12.1 Å². The topological polar surface area (TPSA) is 79.3 Å². The van der Waals surface area contributed by atoms with Gasteiger partial charge in [0, 0.05) is 26.0 Å². The van der Waals surface area contributed by atoms with Crippen LogP contribution >= 0.6 is 11.6 Å². The average Bonchev–Trinajstić information content (AvgIpc) is 2.99. The highest BCUT2D eigenvalue weighted by Crippen LogP contribution is 2.27. The van der Waals surface area contributed by atoms with E-state index in [1.54, 1.807) is 25.0 Å². The lowest BCUT2D eigenvalue weighted by atomic mass is 10.0. The zero-order valence-electron chi connectivity index (χ0n) is 13.6. The molecule has 1 aliphatic heterocycles. The molecule has 1 saturated heterocycles. The van der Waals surface area contributed by atoms with Crippen molar-refractivity contribution in [3.63, 3.8) is 0 Å². The van der Waals surface area contributed by atoms with Gasteiger partial charge >= 0.3 is 0 Å². The SMILES string of the molecule is CN1C(C(=O)Nc2ccc(F)c(Cl)c2)CC(c2ccnn2C)NS1=O. The fraction of sp³-hybridized carbons (Fsp3) is 0.333. The molecule has 10 heteroatoms. The van der Waals surface area contributed by atoms with Gasteiger partial charge in [0.15, 0.2) is 11.2 Å². The van der Waals surface area contributed by atoms with E-state index in [4.69, 9.17) is 11.6 Å². The molecular weight excluding hydrogens is 369 g/mol. The number of nitrogens with zero attached hydrogens (tertiary/aromatic N) is 3. The standard InChI is InChI=1S/C15H17ClFN5O2S/c1-21-13(5-6-18-21)12-8-14(22(2)25(24)20-12)15(23)19-9-3-4-11(17)10(16)7-9/h3-7,12,14,20H,8H2,1-2H3,(H,19,23). The summed E-state index contributed by atoms with van der Waals surface area (Å²) in [5.41, 5.74) is 1.22. The largest absolute Gasteiger partial charge is 0.325 e. The zero-order chi connectivity index (χ0) is 18.1. The predicted molar refractivity (Wildman–Crippen MR) is 93.4 cm³/mol. The number of nitrogens with one attached hydrogen (secondary N) is 2. The van der Waals surface area contributed by atoms with Gasteiger partial charge in [0.25, 0.3) is 0 Å². The molecular formula is C15H17ClFN5O2S. The molecule has 0 saturated carbocycles. The molecule has 3 unspecified atom stereocenters. The van der Waals surface area contributed by atoms with Gasteiger partial charge in [-0.25, -0.2) is 17.6 Å². The molecule has 134 valence electrons. The fourth-order valence-corrected chi connectivity index (χ4v) is 3.94. The van der Waals surface area contributed by atoms with E-state index in [9.17, 15) is 13.4 Å². The number of carbonyl (C=O) groups is 1. The molecule has 0 aliphatic carbocycles. The Balaban J connectivity index is 1.78. The first-order chi connectivity index (χ1) is 11.9. The molecule has 3 atom stereocenters. The number of carbonyl (C=O) groups excluding carboxylic acids is 1. The molecule has 0 spiro atoms. The van der Waals surface area contributed by atoms with Crippen molar-refractivity contribution < 1.29 is 13.4 Å². The number of anilines is 1. The van der Waals surface area contributed by atoms with E-state index in [2.05, 4.69) is 15.1 Å². The van der Waals surface area contributed by atoms with Crippen molar-refractivity contribution in [2.75, 3.05) is 12.4 Å². The van der Waals surface area contributed by atoms with Crippen LogP contribution in [0.4, 0.5) is 10.1 Å². The van der Waals surface area contributed by atoms with E-state index in [1.165, 1.54) is 22.5 Å². The second-order valence-corrected chi connectivity index (χ2v) is 7.43. The summed E-state index contributed by atoms with van der Waals surface area (Å²) < 4.78 is 31.7. The van der Waals surface area contributed by atoms with Crippen LogP contribution in [0.2, 0.25) is 5.02 Å². The minimum absolute atomic E-state index is 0.0761. The summed E-state index contributed by atoms with van der Waals surface area (Å²) in [5.74, 6) is -0.900. The minimum atomic E-state index is -1.53. The number of benzene rings is 1. The van der Waals surface area contributed by atoms with Crippen molar-refractivity contribution in [1.29, 1.82) is 0 Å². The van der Waals surface area contributed by atoms with Crippen LogP contribution in [0.1, 0.15) is 18.2 Å². The summed E-state index contributed by atoms with van der Waals surface area (Å²) in [4.78, 5) is 12.6. The molecule has 2 aromatic rings. The number of amides is 1. The van der Waals surface area contributed by atoms with Gasteiger partial charge < -0.3 is 5.32 Å². The molecule has 3 rings (SSSR count). The third-order valence-electron chi connectivity index (χ3n) is 4.11. The fourth-order valence-electron chi connectivity index (χ4n) is 2.72. The minimum Gasteiger partial charge on any atom is -0.325 e. The van der Waals surface area contributed by atoms with Crippen LogP contribution in [0.25, 0.3) is 0 Å². The normalized spacial score (nSPS) is 24.2. The number of hydrogen-bond donors (Lipinski definition) is 2. The van der Waals surface area contributed by atoms with Crippen molar-refractivity contribution in [2.24, 2.45) is 7.05 Å². The number of likely N-dealkylation sites (N-methyl/N-ethyl adjacent to an activating group) is 1. The molecule has 0 bridgehead atoms. The molecule has 7 nitrogen and oxygen atoms in total. The van der Waals surface area contributed by atoms with Crippen LogP contribution in [-0.2, 0) is 23.0 Å². The van der Waals surface area contributed by atoms with E-state index in [0.717, 1.165) is 5.69 Å². The van der Waals surface area contributed by atoms with Gasteiger partial charge in [-0.1, -0.05) is 11.6 Å². The Labute approximate surface area is 151 Å². The summed E-state index contributed by atoms with van der Waals surface area (Å²) in [7, 11) is 3.39. The van der Waals surface area contributed by atoms with Crippen molar-refractivity contribution in [2.45, 2.75) is 18.5 Å². The molecule has 1 aromatic heterocycles.